The third-order valence-corrected chi connectivity index (χ3v) is 3.92. The predicted molar refractivity (Wildman–Crippen MR) is 67.6 cm³/mol. The van der Waals surface area contributed by atoms with Crippen LogP contribution in [0.4, 0.5) is 0 Å². The molecule has 3 heteroatoms. The molecule has 0 bridgehead atoms. The molecule has 1 unspecified atom stereocenters. The molecule has 0 saturated heterocycles. The highest BCUT2D eigenvalue weighted by atomic mass is 35.5. The second-order valence-corrected chi connectivity index (χ2v) is 5.06. The number of fused-ring (bicyclic) bond motifs is 1. The molecule has 0 aromatic heterocycles. The van der Waals surface area contributed by atoms with Gasteiger partial charge < -0.3 is 0 Å². The highest BCUT2D eigenvalue weighted by molar-refractivity contribution is 6.49. The van der Waals surface area contributed by atoms with Crippen molar-refractivity contribution in [3.63, 3.8) is 0 Å². The average molecular weight is 251 g/mol. The van der Waals surface area contributed by atoms with E-state index < -0.39 is 4.87 Å². The van der Waals surface area contributed by atoms with Gasteiger partial charge in [-0.1, -0.05) is 31.2 Å². The van der Waals surface area contributed by atoms with Gasteiger partial charge in [0, 0.05) is 12.0 Å². The van der Waals surface area contributed by atoms with Gasteiger partial charge in [0.25, 0.3) is 0 Å². The number of rotatable bonds is 2. The third-order valence-electron chi connectivity index (χ3n) is 3.35. The van der Waals surface area contributed by atoms with Crippen LogP contribution >= 0.6 is 11.6 Å². The summed E-state index contributed by atoms with van der Waals surface area (Å²) >= 11 is 6.31. The van der Waals surface area contributed by atoms with Gasteiger partial charge in [-0.05, 0) is 24.8 Å². The molecule has 2 rings (SSSR count). The molecule has 0 saturated carbocycles. The SMILES string of the molecule is CCC(=O)C1(Cl)CCCc2ccccc2C1=O. The lowest BCUT2D eigenvalue weighted by Gasteiger charge is -2.21. The Morgan fingerprint density at radius 2 is 2.12 bits per heavy atom. The number of halogens is 1. The van der Waals surface area contributed by atoms with Gasteiger partial charge in [-0.2, -0.15) is 0 Å². The van der Waals surface area contributed by atoms with Gasteiger partial charge in [0.05, 0.1) is 0 Å². The summed E-state index contributed by atoms with van der Waals surface area (Å²) in [5.41, 5.74) is 1.62. The summed E-state index contributed by atoms with van der Waals surface area (Å²) in [6, 6.07) is 7.43. The Morgan fingerprint density at radius 3 is 2.82 bits per heavy atom. The summed E-state index contributed by atoms with van der Waals surface area (Å²) in [7, 11) is 0. The minimum atomic E-state index is -1.33. The fourth-order valence-corrected chi connectivity index (χ4v) is 2.72. The monoisotopic (exact) mass is 250 g/mol. The van der Waals surface area contributed by atoms with Crippen molar-refractivity contribution in [2.45, 2.75) is 37.5 Å². The number of ketones is 2. The molecule has 0 N–H and O–H groups in total. The molecule has 90 valence electrons. The molecule has 1 aromatic carbocycles. The summed E-state index contributed by atoms with van der Waals surface area (Å²) in [4.78, 5) is 23.0. The molecule has 1 atom stereocenters. The number of carbonyl (C=O) groups excluding carboxylic acids is 2. The molecule has 0 spiro atoms. The van der Waals surface area contributed by atoms with Gasteiger partial charge in [0.1, 0.15) is 0 Å². The van der Waals surface area contributed by atoms with E-state index in [1.807, 2.05) is 18.2 Å². The lowest BCUT2D eigenvalue weighted by atomic mass is 9.89. The number of Topliss-reactive ketones (excluding diaryl/α,β-unsaturated/α-hetero) is 2. The molecule has 17 heavy (non-hydrogen) atoms. The van der Waals surface area contributed by atoms with E-state index in [-0.39, 0.29) is 11.6 Å². The fourth-order valence-electron chi connectivity index (χ4n) is 2.36. The van der Waals surface area contributed by atoms with Crippen molar-refractivity contribution in [3.05, 3.63) is 35.4 Å². The summed E-state index contributed by atoms with van der Waals surface area (Å²) in [6.07, 6.45) is 2.33. The van der Waals surface area contributed by atoms with E-state index >= 15 is 0 Å². The van der Waals surface area contributed by atoms with Gasteiger partial charge in [-0.3, -0.25) is 9.59 Å². The Bertz CT molecular complexity index is 467. The Balaban J connectivity index is 2.49. The fraction of sp³-hybridized carbons (Fsp3) is 0.429. The van der Waals surface area contributed by atoms with Crippen molar-refractivity contribution < 1.29 is 9.59 Å². The molecular weight excluding hydrogens is 236 g/mol. The number of benzene rings is 1. The molecule has 0 aliphatic heterocycles. The zero-order chi connectivity index (χ0) is 12.5. The first-order chi connectivity index (χ1) is 8.09. The summed E-state index contributed by atoms with van der Waals surface area (Å²) in [5.74, 6) is -0.389. The summed E-state index contributed by atoms with van der Waals surface area (Å²) < 4.78 is 0. The van der Waals surface area contributed by atoms with Crippen LogP contribution in [0.5, 0.6) is 0 Å². The number of aryl methyl sites for hydroxylation is 1. The first-order valence-electron chi connectivity index (χ1n) is 5.94. The standard InChI is InChI=1S/C14H15ClO2/c1-2-12(16)14(15)9-5-7-10-6-3-4-8-11(10)13(14)17/h3-4,6,8H,2,5,7,9H2,1H3. The van der Waals surface area contributed by atoms with Crippen LogP contribution in [0.2, 0.25) is 0 Å². The molecule has 2 nitrogen and oxygen atoms in total. The molecule has 0 heterocycles. The zero-order valence-corrected chi connectivity index (χ0v) is 10.6. The average Bonchev–Trinajstić information content (AvgIpc) is 2.48. The van der Waals surface area contributed by atoms with Crippen LogP contribution in [-0.2, 0) is 11.2 Å². The number of hydrogen-bond donors (Lipinski definition) is 0. The van der Waals surface area contributed by atoms with E-state index in [4.69, 9.17) is 11.6 Å². The number of hydrogen-bond acceptors (Lipinski definition) is 2. The van der Waals surface area contributed by atoms with Crippen LogP contribution in [0, 0.1) is 0 Å². The van der Waals surface area contributed by atoms with E-state index in [1.54, 1.807) is 13.0 Å². The van der Waals surface area contributed by atoms with Gasteiger partial charge in [-0.25, -0.2) is 0 Å². The maximum Gasteiger partial charge on any atom is 0.191 e. The lowest BCUT2D eigenvalue weighted by molar-refractivity contribution is -0.120. The lowest BCUT2D eigenvalue weighted by Crippen LogP contribution is -2.40. The van der Waals surface area contributed by atoms with Crippen molar-refractivity contribution in [2.24, 2.45) is 0 Å². The van der Waals surface area contributed by atoms with Crippen LogP contribution in [-0.4, -0.2) is 16.4 Å². The Morgan fingerprint density at radius 1 is 1.41 bits per heavy atom. The highest BCUT2D eigenvalue weighted by Gasteiger charge is 2.44. The van der Waals surface area contributed by atoms with Crippen molar-refractivity contribution in [1.29, 1.82) is 0 Å². The molecule has 0 radical (unpaired) electrons. The van der Waals surface area contributed by atoms with Crippen LogP contribution in [0.15, 0.2) is 24.3 Å². The molecular formula is C14H15ClO2. The van der Waals surface area contributed by atoms with Gasteiger partial charge in [0.2, 0.25) is 0 Å². The first kappa shape index (κ1) is 12.3. The molecule has 1 aromatic rings. The summed E-state index contributed by atoms with van der Waals surface area (Å²) in [5, 5.41) is 0. The molecule has 1 aliphatic rings. The van der Waals surface area contributed by atoms with Crippen LogP contribution in [0.1, 0.15) is 42.1 Å². The number of alkyl halides is 1. The quantitative estimate of drug-likeness (QED) is 0.459. The van der Waals surface area contributed by atoms with Gasteiger partial charge >= 0.3 is 0 Å². The minimum Gasteiger partial charge on any atom is -0.297 e. The normalized spacial score (nSPS) is 24.0. The Hall–Kier alpha value is -1.15. The second-order valence-electron chi connectivity index (χ2n) is 4.42. The predicted octanol–water partition coefficient (Wildman–Crippen LogP) is 3.16. The van der Waals surface area contributed by atoms with Crippen molar-refractivity contribution in [2.75, 3.05) is 0 Å². The second kappa shape index (κ2) is 4.61. The van der Waals surface area contributed by atoms with Crippen LogP contribution < -0.4 is 0 Å². The topological polar surface area (TPSA) is 34.1 Å². The Labute approximate surface area is 106 Å². The molecule has 1 aliphatic carbocycles. The van der Waals surface area contributed by atoms with Crippen LogP contribution in [0.3, 0.4) is 0 Å². The number of carbonyl (C=O) groups is 2. The van der Waals surface area contributed by atoms with E-state index in [2.05, 4.69) is 0 Å². The van der Waals surface area contributed by atoms with Gasteiger partial charge in [-0.15, -0.1) is 11.6 Å². The molecule has 0 amide bonds. The molecule has 0 fully saturated rings. The van der Waals surface area contributed by atoms with Crippen molar-refractivity contribution in [3.8, 4) is 0 Å². The van der Waals surface area contributed by atoms with E-state index in [0.29, 0.717) is 18.4 Å². The minimum absolute atomic E-state index is 0.166. The smallest absolute Gasteiger partial charge is 0.191 e. The van der Waals surface area contributed by atoms with Gasteiger partial charge in [0.15, 0.2) is 16.4 Å². The maximum absolute atomic E-state index is 12.4. The van der Waals surface area contributed by atoms with E-state index in [1.165, 1.54) is 0 Å². The van der Waals surface area contributed by atoms with Crippen molar-refractivity contribution >= 4 is 23.2 Å². The first-order valence-corrected chi connectivity index (χ1v) is 6.32. The van der Waals surface area contributed by atoms with Crippen molar-refractivity contribution in [1.82, 2.24) is 0 Å². The largest absolute Gasteiger partial charge is 0.297 e. The van der Waals surface area contributed by atoms with Crippen LogP contribution in [0.25, 0.3) is 0 Å². The zero-order valence-electron chi connectivity index (χ0n) is 9.83. The van der Waals surface area contributed by atoms with E-state index in [0.717, 1.165) is 18.4 Å². The maximum atomic E-state index is 12.4. The highest BCUT2D eigenvalue weighted by Crippen LogP contribution is 2.34. The Kier molecular flexibility index (Phi) is 3.34. The summed E-state index contributed by atoms with van der Waals surface area (Å²) in [6.45, 7) is 1.75. The third kappa shape index (κ3) is 2.02. The van der Waals surface area contributed by atoms with E-state index in [9.17, 15) is 9.59 Å².